The third kappa shape index (κ3) is 3.47. The molecule has 1 aromatic heterocycles. The summed E-state index contributed by atoms with van der Waals surface area (Å²) in [6, 6.07) is 3.84. The number of hydrogen-bond donors (Lipinski definition) is 1. The zero-order valence-corrected chi connectivity index (χ0v) is 10.2. The van der Waals surface area contributed by atoms with Crippen LogP contribution in [-0.2, 0) is 4.74 Å². The van der Waals surface area contributed by atoms with E-state index in [1.165, 1.54) is 0 Å². The molecule has 4 heteroatoms. The Morgan fingerprint density at radius 2 is 2.25 bits per heavy atom. The third-order valence-corrected chi connectivity index (χ3v) is 2.52. The Kier molecular flexibility index (Phi) is 5.22. The van der Waals surface area contributed by atoms with E-state index in [0.29, 0.717) is 6.61 Å². The van der Waals surface area contributed by atoms with Crippen LogP contribution in [0.15, 0.2) is 18.3 Å². The summed E-state index contributed by atoms with van der Waals surface area (Å²) in [6.07, 6.45) is 1.26. The average Bonchev–Trinajstić information content (AvgIpc) is 2.30. The summed E-state index contributed by atoms with van der Waals surface area (Å²) in [5.74, 6) is 0.920. The number of aromatic nitrogens is 1. The molecule has 0 spiro atoms. The van der Waals surface area contributed by atoms with Gasteiger partial charge >= 0.3 is 0 Å². The van der Waals surface area contributed by atoms with Gasteiger partial charge in [0.1, 0.15) is 5.82 Å². The number of likely N-dealkylation sites (N-methyl/N-ethyl adjacent to an activating group) is 1. The average molecular weight is 224 g/mol. The lowest BCUT2D eigenvalue weighted by Crippen LogP contribution is -2.27. The fourth-order valence-electron chi connectivity index (χ4n) is 1.47. The minimum atomic E-state index is -0.462. The molecule has 0 radical (unpaired) electrons. The lowest BCUT2D eigenvalue weighted by Gasteiger charge is -2.21. The van der Waals surface area contributed by atoms with Gasteiger partial charge in [0.05, 0.1) is 12.7 Å². The number of rotatable bonds is 6. The van der Waals surface area contributed by atoms with E-state index in [9.17, 15) is 5.11 Å². The maximum absolute atomic E-state index is 9.38. The van der Waals surface area contributed by atoms with E-state index in [1.807, 2.05) is 12.1 Å². The molecule has 0 saturated carbocycles. The number of aliphatic hydroxyl groups excluding tert-OH is 1. The number of nitrogens with zero attached hydrogens (tertiary/aromatic N) is 2. The van der Waals surface area contributed by atoms with Crippen LogP contribution >= 0.6 is 0 Å². The summed E-state index contributed by atoms with van der Waals surface area (Å²) in [6.45, 7) is 6.23. The number of hydrogen-bond acceptors (Lipinski definition) is 4. The van der Waals surface area contributed by atoms with Crippen molar-refractivity contribution in [3.8, 4) is 0 Å². The van der Waals surface area contributed by atoms with Gasteiger partial charge in [-0.2, -0.15) is 0 Å². The molecular formula is C12H20N2O2. The van der Waals surface area contributed by atoms with Crippen LogP contribution in [-0.4, -0.2) is 36.9 Å². The minimum Gasteiger partial charge on any atom is -0.389 e. The fourth-order valence-corrected chi connectivity index (χ4v) is 1.47. The summed E-state index contributed by atoms with van der Waals surface area (Å²) in [7, 11) is 1.69. The van der Waals surface area contributed by atoms with E-state index in [1.54, 1.807) is 20.2 Å². The molecule has 1 atom stereocenters. The van der Waals surface area contributed by atoms with E-state index < -0.39 is 6.10 Å². The maximum Gasteiger partial charge on any atom is 0.128 e. The van der Waals surface area contributed by atoms with Crippen LogP contribution in [0.3, 0.4) is 0 Å². The van der Waals surface area contributed by atoms with Crippen molar-refractivity contribution in [2.24, 2.45) is 0 Å². The van der Waals surface area contributed by atoms with Gasteiger partial charge in [0.25, 0.3) is 0 Å². The first-order chi connectivity index (χ1) is 7.69. The predicted octanol–water partition coefficient (Wildman–Crippen LogP) is 1.61. The molecule has 0 unspecified atom stereocenters. The summed E-state index contributed by atoms with van der Waals surface area (Å²) in [5.41, 5.74) is 0.839. The summed E-state index contributed by atoms with van der Waals surface area (Å²) >= 11 is 0. The lowest BCUT2D eigenvalue weighted by atomic mass is 10.2. The molecule has 0 fully saturated rings. The van der Waals surface area contributed by atoms with Crippen LogP contribution < -0.4 is 4.90 Å². The van der Waals surface area contributed by atoms with Crippen molar-refractivity contribution in [1.82, 2.24) is 4.98 Å². The van der Waals surface area contributed by atoms with E-state index >= 15 is 0 Å². The molecule has 1 heterocycles. The van der Waals surface area contributed by atoms with E-state index in [2.05, 4.69) is 16.8 Å². The standard InChI is InChI=1S/C12H20N2O2/c1-4-14(7-8-16-3)12-6-5-11(9-13-12)10(2)15/h5-6,9-10,15H,4,7-8H2,1-3H3/t10-/m1/s1. The van der Waals surface area contributed by atoms with E-state index in [0.717, 1.165) is 24.5 Å². The summed E-state index contributed by atoms with van der Waals surface area (Å²) < 4.78 is 5.05. The zero-order chi connectivity index (χ0) is 12.0. The molecule has 90 valence electrons. The second-order valence-electron chi connectivity index (χ2n) is 3.70. The Morgan fingerprint density at radius 1 is 1.50 bits per heavy atom. The second kappa shape index (κ2) is 6.45. The van der Waals surface area contributed by atoms with E-state index in [-0.39, 0.29) is 0 Å². The van der Waals surface area contributed by atoms with Gasteiger partial charge in [0, 0.05) is 26.4 Å². The number of anilines is 1. The fraction of sp³-hybridized carbons (Fsp3) is 0.583. The Morgan fingerprint density at radius 3 is 2.69 bits per heavy atom. The second-order valence-corrected chi connectivity index (χ2v) is 3.70. The van der Waals surface area contributed by atoms with Crippen molar-refractivity contribution in [2.45, 2.75) is 20.0 Å². The Labute approximate surface area is 96.9 Å². The molecule has 4 nitrogen and oxygen atoms in total. The Balaban J connectivity index is 2.70. The summed E-state index contributed by atoms with van der Waals surface area (Å²) in [4.78, 5) is 6.47. The Bertz CT molecular complexity index is 298. The molecule has 0 saturated heterocycles. The lowest BCUT2D eigenvalue weighted by molar-refractivity contribution is 0.198. The molecule has 0 aliphatic carbocycles. The highest BCUT2D eigenvalue weighted by Gasteiger charge is 2.06. The molecule has 0 bridgehead atoms. The Hall–Kier alpha value is -1.13. The molecule has 1 N–H and O–H groups in total. The molecule has 0 aromatic carbocycles. The monoisotopic (exact) mass is 224 g/mol. The van der Waals surface area contributed by atoms with Crippen molar-refractivity contribution >= 4 is 5.82 Å². The van der Waals surface area contributed by atoms with Crippen LogP contribution in [0.4, 0.5) is 5.82 Å². The van der Waals surface area contributed by atoms with Crippen LogP contribution in [0.25, 0.3) is 0 Å². The smallest absolute Gasteiger partial charge is 0.128 e. The van der Waals surface area contributed by atoms with Crippen LogP contribution in [0.1, 0.15) is 25.5 Å². The van der Waals surface area contributed by atoms with Gasteiger partial charge in [0.2, 0.25) is 0 Å². The summed E-state index contributed by atoms with van der Waals surface area (Å²) in [5, 5.41) is 9.38. The third-order valence-electron chi connectivity index (χ3n) is 2.52. The molecule has 0 aliphatic heterocycles. The SMILES string of the molecule is CCN(CCOC)c1ccc([C@@H](C)O)cn1. The number of aliphatic hydroxyl groups is 1. The molecule has 16 heavy (non-hydrogen) atoms. The van der Waals surface area contributed by atoms with Gasteiger partial charge in [-0.3, -0.25) is 0 Å². The largest absolute Gasteiger partial charge is 0.389 e. The molecule has 0 amide bonds. The highest BCUT2D eigenvalue weighted by Crippen LogP contribution is 2.15. The predicted molar refractivity (Wildman–Crippen MR) is 64.6 cm³/mol. The van der Waals surface area contributed by atoms with Gasteiger partial charge < -0.3 is 14.7 Å². The minimum absolute atomic E-state index is 0.462. The highest BCUT2D eigenvalue weighted by molar-refractivity contribution is 5.39. The molecule has 0 aliphatic rings. The number of methoxy groups -OCH3 is 1. The van der Waals surface area contributed by atoms with Gasteiger partial charge in [-0.1, -0.05) is 6.07 Å². The van der Waals surface area contributed by atoms with Crippen LogP contribution in [0, 0.1) is 0 Å². The maximum atomic E-state index is 9.38. The van der Waals surface area contributed by atoms with Crippen molar-refractivity contribution in [1.29, 1.82) is 0 Å². The zero-order valence-electron chi connectivity index (χ0n) is 10.2. The van der Waals surface area contributed by atoms with Gasteiger partial charge in [-0.15, -0.1) is 0 Å². The van der Waals surface area contributed by atoms with Crippen LogP contribution in [0.5, 0.6) is 0 Å². The highest BCUT2D eigenvalue weighted by atomic mass is 16.5. The quantitative estimate of drug-likeness (QED) is 0.797. The van der Waals surface area contributed by atoms with Crippen molar-refractivity contribution < 1.29 is 9.84 Å². The van der Waals surface area contributed by atoms with Crippen LogP contribution in [0.2, 0.25) is 0 Å². The first-order valence-electron chi connectivity index (χ1n) is 5.57. The number of ether oxygens (including phenoxy) is 1. The number of pyridine rings is 1. The van der Waals surface area contributed by atoms with Crippen molar-refractivity contribution in [2.75, 3.05) is 31.7 Å². The first kappa shape index (κ1) is 12.9. The normalized spacial score (nSPS) is 12.5. The van der Waals surface area contributed by atoms with Crippen molar-refractivity contribution in [3.63, 3.8) is 0 Å². The van der Waals surface area contributed by atoms with Gasteiger partial charge in [0.15, 0.2) is 0 Å². The molecular weight excluding hydrogens is 204 g/mol. The van der Waals surface area contributed by atoms with Gasteiger partial charge in [-0.05, 0) is 25.5 Å². The first-order valence-corrected chi connectivity index (χ1v) is 5.57. The van der Waals surface area contributed by atoms with Gasteiger partial charge in [-0.25, -0.2) is 4.98 Å². The van der Waals surface area contributed by atoms with E-state index in [4.69, 9.17) is 4.74 Å². The topological polar surface area (TPSA) is 45.6 Å². The molecule has 1 aromatic rings. The molecule has 1 rings (SSSR count). The van der Waals surface area contributed by atoms with Crippen molar-refractivity contribution in [3.05, 3.63) is 23.9 Å².